The van der Waals surface area contributed by atoms with E-state index in [1.165, 1.54) is 16.0 Å². The van der Waals surface area contributed by atoms with Crippen LogP contribution in [0.15, 0.2) is 36.0 Å². The summed E-state index contributed by atoms with van der Waals surface area (Å²) in [6.45, 7) is 6.56. The number of hydrogen-bond acceptors (Lipinski definition) is 3. The number of aromatic nitrogens is 1. The van der Waals surface area contributed by atoms with E-state index in [0.717, 1.165) is 0 Å². The lowest BCUT2D eigenvalue weighted by Crippen LogP contribution is -2.22. The van der Waals surface area contributed by atoms with Crippen LogP contribution in [0.2, 0.25) is 0 Å². The fourth-order valence-electron chi connectivity index (χ4n) is 2.01. The summed E-state index contributed by atoms with van der Waals surface area (Å²) in [5, 5.41) is 5.76. The van der Waals surface area contributed by atoms with Gasteiger partial charge in [-0.05, 0) is 49.4 Å². The number of hydrogen-bond donors (Lipinski definition) is 1. The maximum Gasteiger partial charge on any atom is 0.0393 e. The molecule has 3 heteroatoms. The molecule has 2 rings (SSSR count). The van der Waals surface area contributed by atoms with Gasteiger partial charge >= 0.3 is 0 Å². The minimum Gasteiger partial charge on any atom is -0.303 e. The van der Waals surface area contributed by atoms with Gasteiger partial charge in [0.15, 0.2) is 0 Å². The molecule has 0 fully saturated rings. The van der Waals surface area contributed by atoms with Crippen molar-refractivity contribution in [2.45, 2.75) is 32.9 Å². The molecule has 90 valence electrons. The molecule has 2 aromatic heterocycles. The van der Waals surface area contributed by atoms with Crippen molar-refractivity contribution in [2.24, 2.45) is 0 Å². The summed E-state index contributed by atoms with van der Waals surface area (Å²) in [5.74, 6) is 0. The van der Waals surface area contributed by atoms with Gasteiger partial charge in [-0.25, -0.2) is 0 Å². The largest absolute Gasteiger partial charge is 0.303 e. The summed E-state index contributed by atoms with van der Waals surface area (Å²) in [6, 6.07) is 6.96. The highest BCUT2D eigenvalue weighted by Crippen LogP contribution is 2.25. The number of pyridine rings is 1. The molecule has 0 aromatic carbocycles. The minimum absolute atomic E-state index is 0.320. The Morgan fingerprint density at radius 3 is 2.65 bits per heavy atom. The maximum absolute atomic E-state index is 4.16. The van der Waals surface area contributed by atoms with Crippen LogP contribution in [0.25, 0.3) is 0 Å². The van der Waals surface area contributed by atoms with Gasteiger partial charge in [0.25, 0.3) is 0 Å². The maximum atomic E-state index is 4.16. The van der Waals surface area contributed by atoms with Crippen LogP contribution < -0.4 is 5.32 Å². The molecule has 0 saturated carbocycles. The first kappa shape index (κ1) is 12.3. The Kier molecular flexibility index (Phi) is 3.92. The zero-order valence-corrected chi connectivity index (χ0v) is 11.3. The molecule has 0 aliphatic carbocycles. The van der Waals surface area contributed by atoms with Crippen molar-refractivity contribution in [1.29, 1.82) is 0 Å². The third kappa shape index (κ3) is 2.93. The molecule has 2 aromatic rings. The lowest BCUT2D eigenvalue weighted by Gasteiger charge is -2.20. The predicted molar refractivity (Wildman–Crippen MR) is 73.3 cm³/mol. The molecule has 2 nitrogen and oxygen atoms in total. The third-order valence-corrected chi connectivity index (χ3v) is 4.18. The van der Waals surface area contributed by atoms with E-state index in [-0.39, 0.29) is 0 Å². The molecule has 2 heterocycles. The Bertz CT molecular complexity index is 464. The SMILES string of the molecule is Cc1ccsc1C(C)NC(C)c1cccnc1. The van der Waals surface area contributed by atoms with E-state index in [9.17, 15) is 0 Å². The molecule has 17 heavy (non-hydrogen) atoms. The zero-order chi connectivity index (χ0) is 12.3. The highest BCUT2D eigenvalue weighted by atomic mass is 32.1. The van der Waals surface area contributed by atoms with E-state index < -0.39 is 0 Å². The topological polar surface area (TPSA) is 24.9 Å². The molecular weight excluding hydrogens is 228 g/mol. The van der Waals surface area contributed by atoms with Gasteiger partial charge in [0.2, 0.25) is 0 Å². The van der Waals surface area contributed by atoms with Crippen molar-refractivity contribution in [3.05, 3.63) is 52.0 Å². The van der Waals surface area contributed by atoms with Gasteiger partial charge in [-0.1, -0.05) is 6.07 Å². The Balaban J connectivity index is 2.05. The third-order valence-electron chi connectivity index (χ3n) is 2.98. The highest BCUT2D eigenvalue weighted by molar-refractivity contribution is 7.10. The van der Waals surface area contributed by atoms with E-state index >= 15 is 0 Å². The van der Waals surface area contributed by atoms with E-state index in [4.69, 9.17) is 0 Å². The first-order valence-corrected chi connectivity index (χ1v) is 6.76. The Labute approximate surface area is 107 Å². The van der Waals surface area contributed by atoms with Crippen LogP contribution >= 0.6 is 11.3 Å². The number of nitrogens with zero attached hydrogens (tertiary/aromatic N) is 1. The van der Waals surface area contributed by atoms with E-state index in [1.807, 2.05) is 29.8 Å². The van der Waals surface area contributed by atoms with Crippen LogP contribution in [0.5, 0.6) is 0 Å². The van der Waals surface area contributed by atoms with Crippen molar-refractivity contribution in [1.82, 2.24) is 10.3 Å². The highest BCUT2D eigenvalue weighted by Gasteiger charge is 2.13. The second-order valence-corrected chi connectivity index (χ2v) is 5.31. The molecule has 1 N–H and O–H groups in total. The van der Waals surface area contributed by atoms with Gasteiger partial charge < -0.3 is 5.32 Å². The van der Waals surface area contributed by atoms with Crippen molar-refractivity contribution in [2.75, 3.05) is 0 Å². The summed E-state index contributed by atoms with van der Waals surface area (Å²) in [5.41, 5.74) is 2.60. The average Bonchev–Trinajstić information content (AvgIpc) is 2.76. The van der Waals surface area contributed by atoms with Gasteiger partial charge in [0.05, 0.1) is 0 Å². The standard InChI is InChI=1S/C14H18N2S/c1-10-6-8-17-14(10)12(3)16-11(2)13-5-4-7-15-9-13/h4-9,11-12,16H,1-3H3. The van der Waals surface area contributed by atoms with Gasteiger partial charge in [0.1, 0.15) is 0 Å². The van der Waals surface area contributed by atoms with Crippen LogP contribution in [0.3, 0.4) is 0 Å². The van der Waals surface area contributed by atoms with Crippen LogP contribution in [0.1, 0.15) is 41.9 Å². The van der Waals surface area contributed by atoms with E-state index in [1.54, 1.807) is 0 Å². The minimum atomic E-state index is 0.320. The lowest BCUT2D eigenvalue weighted by atomic mass is 10.1. The molecule has 2 atom stereocenters. The Morgan fingerprint density at radius 1 is 1.24 bits per heavy atom. The molecule has 0 amide bonds. The van der Waals surface area contributed by atoms with E-state index in [0.29, 0.717) is 12.1 Å². The van der Waals surface area contributed by atoms with Crippen LogP contribution in [0.4, 0.5) is 0 Å². The van der Waals surface area contributed by atoms with Gasteiger partial charge in [-0.2, -0.15) is 0 Å². The molecule has 0 spiro atoms. The Morgan fingerprint density at radius 2 is 2.06 bits per heavy atom. The zero-order valence-electron chi connectivity index (χ0n) is 10.5. The van der Waals surface area contributed by atoms with Gasteiger partial charge in [-0.15, -0.1) is 11.3 Å². The van der Waals surface area contributed by atoms with Crippen LogP contribution in [0, 0.1) is 6.92 Å². The summed E-state index contributed by atoms with van der Waals surface area (Å²) >= 11 is 1.82. The lowest BCUT2D eigenvalue weighted by molar-refractivity contribution is 0.498. The monoisotopic (exact) mass is 246 g/mol. The smallest absolute Gasteiger partial charge is 0.0393 e. The molecular formula is C14H18N2S. The number of nitrogens with one attached hydrogen (secondary N) is 1. The summed E-state index contributed by atoms with van der Waals surface area (Å²) in [6.07, 6.45) is 3.73. The fourth-order valence-corrected chi connectivity index (χ4v) is 2.95. The van der Waals surface area contributed by atoms with Gasteiger partial charge in [-0.3, -0.25) is 4.98 Å². The van der Waals surface area contributed by atoms with Crippen LogP contribution in [-0.2, 0) is 0 Å². The van der Waals surface area contributed by atoms with E-state index in [2.05, 4.69) is 48.6 Å². The second-order valence-electron chi connectivity index (χ2n) is 4.36. The van der Waals surface area contributed by atoms with Crippen molar-refractivity contribution in [3.8, 4) is 0 Å². The average molecular weight is 246 g/mol. The summed E-state index contributed by atoms with van der Waals surface area (Å²) < 4.78 is 0. The van der Waals surface area contributed by atoms with Crippen molar-refractivity contribution >= 4 is 11.3 Å². The molecule has 2 unspecified atom stereocenters. The van der Waals surface area contributed by atoms with Crippen molar-refractivity contribution in [3.63, 3.8) is 0 Å². The first-order valence-electron chi connectivity index (χ1n) is 5.88. The molecule has 0 saturated heterocycles. The molecule has 0 radical (unpaired) electrons. The second kappa shape index (κ2) is 5.43. The number of rotatable bonds is 4. The van der Waals surface area contributed by atoms with Gasteiger partial charge in [0, 0.05) is 29.4 Å². The summed E-state index contributed by atoms with van der Waals surface area (Å²) in [7, 11) is 0. The first-order chi connectivity index (χ1) is 8.18. The molecule has 0 bridgehead atoms. The summed E-state index contributed by atoms with van der Waals surface area (Å²) in [4.78, 5) is 5.57. The quantitative estimate of drug-likeness (QED) is 0.886. The Hall–Kier alpha value is -1.19. The fraction of sp³-hybridized carbons (Fsp3) is 0.357. The predicted octanol–water partition coefficient (Wildman–Crippen LogP) is 3.86. The molecule has 0 aliphatic rings. The van der Waals surface area contributed by atoms with Crippen molar-refractivity contribution < 1.29 is 0 Å². The normalized spacial score (nSPS) is 14.5. The number of thiophene rings is 1. The molecule has 0 aliphatic heterocycles. The van der Waals surface area contributed by atoms with Crippen LogP contribution in [-0.4, -0.2) is 4.98 Å². The number of aryl methyl sites for hydroxylation is 1.